The summed E-state index contributed by atoms with van der Waals surface area (Å²) < 4.78 is 4.90. The van der Waals surface area contributed by atoms with E-state index in [0.717, 1.165) is 11.1 Å². The van der Waals surface area contributed by atoms with Gasteiger partial charge in [-0.15, -0.1) is 0 Å². The summed E-state index contributed by atoms with van der Waals surface area (Å²) >= 11 is 3.34. The molecular formula is C12H12BrNO2. The largest absolute Gasteiger partial charge is 0.462 e. The maximum Gasteiger partial charge on any atom is 0.339 e. The van der Waals surface area contributed by atoms with Gasteiger partial charge in [-0.05, 0) is 31.0 Å². The fraction of sp³-hybridized carbons (Fsp3) is 0.333. The smallest absolute Gasteiger partial charge is 0.339 e. The molecule has 0 atom stereocenters. The van der Waals surface area contributed by atoms with Crippen molar-refractivity contribution in [3.8, 4) is 6.07 Å². The zero-order chi connectivity index (χ0) is 12.1. The number of nitrogens with zero attached hydrogens (tertiary/aromatic N) is 1. The number of carbonyl (C=O) groups is 1. The number of rotatable bonds is 3. The predicted octanol–water partition coefficient (Wildman–Crippen LogP) is 2.94. The molecule has 0 aliphatic rings. The SMILES string of the molecule is CCOC(=O)c1ccc(CBr)c(C)c1C#N. The van der Waals surface area contributed by atoms with E-state index in [9.17, 15) is 4.79 Å². The zero-order valence-electron chi connectivity index (χ0n) is 9.21. The first-order valence-electron chi connectivity index (χ1n) is 4.91. The van der Waals surface area contributed by atoms with Crippen molar-refractivity contribution in [1.29, 1.82) is 5.26 Å². The molecule has 0 aliphatic carbocycles. The Morgan fingerprint density at radius 3 is 2.75 bits per heavy atom. The van der Waals surface area contributed by atoms with Crippen molar-refractivity contribution in [2.75, 3.05) is 6.61 Å². The third-order valence-electron chi connectivity index (χ3n) is 2.33. The predicted molar refractivity (Wildman–Crippen MR) is 64.5 cm³/mol. The van der Waals surface area contributed by atoms with Crippen LogP contribution in [0.1, 0.15) is 34.0 Å². The molecule has 0 spiro atoms. The Morgan fingerprint density at radius 1 is 1.56 bits per heavy atom. The van der Waals surface area contributed by atoms with Gasteiger partial charge in [0.2, 0.25) is 0 Å². The molecule has 4 heteroatoms. The minimum Gasteiger partial charge on any atom is -0.462 e. The molecule has 16 heavy (non-hydrogen) atoms. The molecule has 0 saturated carbocycles. The van der Waals surface area contributed by atoms with Crippen LogP contribution in [0.15, 0.2) is 12.1 Å². The van der Waals surface area contributed by atoms with Crippen LogP contribution < -0.4 is 0 Å². The first-order chi connectivity index (χ1) is 7.65. The normalized spacial score (nSPS) is 9.62. The molecule has 0 aliphatic heterocycles. The lowest BCUT2D eigenvalue weighted by Gasteiger charge is -2.09. The van der Waals surface area contributed by atoms with Crippen LogP contribution in [0.5, 0.6) is 0 Å². The average molecular weight is 282 g/mol. The minimum absolute atomic E-state index is 0.308. The van der Waals surface area contributed by atoms with E-state index < -0.39 is 5.97 Å². The van der Waals surface area contributed by atoms with Crippen LogP contribution in [0.4, 0.5) is 0 Å². The average Bonchev–Trinajstić information content (AvgIpc) is 2.28. The van der Waals surface area contributed by atoms with Crippen LogP contribution in [-0.2, 0) is 10.1 Å². The Balaban J connectivity index is 3.27. The van der Waals surface area contributed by atoms with Crippen molar-refractivity contribution in [3.05, 3.63) is 34.4 Å². The highest BCUT2D eigenvalue weighted by Gasteiger charge is 2.16. The number of nitriles is 1. The second-order valence-corrected chi connectivity index (χ2v) is 3.80. The lowest BCUT2D eigenvalue weighted by Crippen LogP contribution is -2.08. The van der Waals surface area contributed by atoms with Gasteiger partial charge in [-0.3, -0.25) is 0 Å². The van der Waals surface area contributed by atoms with E-state index in [4.69, 9.17) is 10.00 Å². The van der Waals surface area contributed by atoms with Crippen molar-refractivity contribution >= 4 is 21.9 Å². The number of carbonyl (C=O) groups excluding carboxylic acids is 1. The Morgan fingerprint density at radius 2 is 2.25 bits per heavy atom. The summed E-state index contributed by atoms with van der Waals surface area (Å²) in [5, 5.41) is 9.73. The minimum atomic E-state index is -0.441. The summed E-state index contributed by atoms with van der Waals surface area (Å²) in [6.07, 6.45) is 0. The summed E-state index contributed by atoms with van der Waals surface area (Å²) in [6.45, 7) is 3.88. The number of hydrogen-bond acceptors (Lipinski definition) is 3. The molecule has 0 heterocycles. The van der Waals surface area contributed by atoms with Gasteiger partial charge in [0.15, 0.2) is 0 Å². The monoisotopic (exact) mass is 281 g/mol. The number of ether oxygens (including phenoxy) is 1. The van der Waals surface area contributed by atoms with E-state index in [0.29, 0.717) is 23.1 Å². The molecule has 0 bridgehead atoms. The van der Waals surface area contributed by atoms with Crippen LogP contribution in [0.25, 0.3) is 0 Å². The van der Waals surface area contributed by atoms with E-state index in [1.807, 2.05) is 13.0 Å². The van der Waals surface area contributed by atoms with Gasteiger partial charge >= 0.3 is 5.97 Å². The van der Waals surface area contributed by atoms with Crippen molar-refractivity contribution < 1.29 is 9.53 Å². The van der Waals surface area contributed by atoms with Gasteiger partial charge in [0.1, 0.15) is 6.07 Å². The lowest BCUT2D eigenvalue weighted by molar-refractivity contribution is 0.0526. The van der Waals surface area contributed by atoms with Crippen LogP contribution >= 0.6 is 15.9 Å². The molecule has 0 radical (unpaired) electrons. The van der Waals surface area contributed by atoms with Crippen LogP contribution in [0.2, 0.25) is 0 Å². The maximum absolute atomic E-state index is 11.6. The van der Waals surface area contributed by atoms with E-state index in [2.05, 4.69) is 22.0 Å². The Bertz CT molecular complexity index is 449. The van der Waals surface area contributed by atoms with Gasteiger partial charge < -0.3 is 4.74 Å². The first-order valence-corrected chi connectivity index (χ1v) is 6.03. The highest BCUT2D eigenvalue weighted by Crippen LogP contribution is 2.20. The number of benzene rings is 1. The molecule has 0 unspecified atom stereocenters. The van der Waals surface area contributed by atoms with Crippen LogP contribution in [0, 0.1) is 18.3 Å². The fourth-order valence-corrected chi connectivity index (χ4v) is 2.03. The third-order valence-corrected chi connectivity index (χ3v) is 2.93. The van der Waals surface area contributed by atoms with Gasteiger partial charge in [-0.25, -0.2) is 4.79 Å². The van der Waals surface area contributed by atoms with Crippen molar-refractivity contribution in [3.63, 3.8) is 0 Å². The number of alkyl halides is 1. The molecule has 0 aromatic heterocycles. The molecule has 0 amide bonds. The maximum atomic E-state index is 11.6. The molecule has 84 valence electrons. The van der Waals surface area contributed by atoms with Gasteiger partial charge in [-0.2, -0.15) is 5.26 Å². The number of hydrogen-bond donors (Lipinski definition) is 0. The van der Waals surface area contributed by atoms with Gasteiger partial charge in [-0.1, -0.05) is 22.0 Å². The van der Waals surface area contributed by atoms with Gasteiger partial charge in [0.25, 0.3) is 0 Å². The Hall–Kier alpha value is -1.34. The Kier molecular flexibility index (Phi) is 4.51. The number of esters is 1. The first kappa shape index (κ1) is 12.7. The van der Waals surface area contributed by atoms with E-state index in [1.54, 1.807) is 13.0 Å². The van der Waals surface area contributed by atoms with Crippen molar-refractivity contribution in [2.24, 2.45) is 0 Å². The Labute approximate surface area is 103 Å². The third kappa shape index (κ3) is 2.42. The summed E-state index contributed by atoms with van der Waals surface area (Å²) in [5.41, 5.74) is 2.57. The van der Waals surface area contributed by atoms with Crippen LogP contribution in [0.3, 0.4) is 0 Å². The molecule has 0 saturated heterocycles. The molecule has 1 rings (SSSR count). The van der Waals surface area contributed by atoms with E-state index in [-0.39, 0.29) is 0 Å². The summed E-state index contributed by atoms with van der Waals surface area (Å²) in [4.78, 5) is 11.6. The lowest BCUT2D eigenvalue weighted by atomic mass is 9.98. The fourth-order valence-electron chi connectivity index (χ4n) is 1.42. The quantitative estimate of drug-likeness (QED) is 0.632. The molecule has 3 nitrogen and oxygen atoms in total. The molecular weight excluding hydrogens is 270 g/mol. The summed E-state index contributed by atoms with van der Waals surface area (Å²) in [7, 11) is 0. The topological polar surface area (TPSA) is 50.1 Å². The standard InChI is InChI=1S/C12H12BrNO2/c1-3-16-12(15)10-5-4-9(6-13)8(2)11(10)7-14/h4-5H,3,6H2,1-2H3. The van der Waals surface area contributed by atoms with Crippen LogP contribution in [-0.4, -0.2) is 12.6 Å². The molecule has 1 aromatic rings. The van der Waals surface area contributed by atoms with E-state index >= 15 is 0 Å². The second kappa shape index (κ2) is 5.66. The molecule has 0 fully saturated rings. The van der Waals surface area contributed by atoms with Gasteiger partial charge in [0.05, 0.1) is 17.7 Å². The second-order valence-electron chi connectivity index (χ2n) is 3.24. The highest BCUT2D eigenvalue weighted by molar-refractivity contribution is 9.08. The number of halogens is 1. The summed E-state index contributed by atoms with van der Waals surface area (Å²) in [6, 6.07) is 5.53. The zero-order valence-corrected chi connectivity index (χ0v) is 10.8. The van der Waals surface area contributed by atoms with E-state index in [1.165, 1.54) is 0 Å². The van der Waals surface area contributed by atoms with Crippen molar-refractivity contribution in [2.45, 2.75) is 19.2 Å². The molecule has 1 aromatic carbocycles. The van der Waals surface area contributed by atoms with Crippen molar-refractivity contribution in [1.82, 2.24) is 0 Å². The van der Waals surface area contributed by atoms with Gasteiger partial charge in [0, 0.05) is 5.33 Å². The summed E-state index contributed by atoms with van der Waals surface area (Å²) in [5.74, 6) is -0.441. The highest BCUT2D eigenvalue weighted by atomic mass is 79.9. The molecule has 0 N–H and O–H groups in total.